The summed E-state index contributed by atoms with van der Waals surface area (Å²) in [5, 5.41) is 15.7. The highest BCUT2D eigenvalue weighted by Crippen LogP contribution is 2.48. The number of nitrogens with one attached hydrogen (secondary N) is 3. The molecule has 11 rings (SSSR count). The van der Waals surface area contributed by atoms with Crippen LogP contribution in [0, 0.1) is 11.8 Å². The zero-order chi connectivity index (χ0) is 43.3. The van der Waals surface area contributed by atoms with Gasteiger partial charge in [0.2, 0.25) is 23.5 Å². The Kier molecular flexibility index (Phi) is 9.90. The van der Waals surface area contributed by atoms with Gasteiger partial charge < -0.3 is 24.8 Å². The summed E-state index contributed by atoms with van der Waals surface area (Å²) in [6.07, 6.45) is 10.5. The summed E-state index contributed by atoms with van der Waals surface area (Å²) in [7, 11) is 3.58. The maximum atomic E-state index is 15.2. The van der Waals surface area contributed by atoms with Gasteiger partial charge in [0.15, 0.2) is 12.4 Å². The molecular weight excluding hydrogens is 830 g/mol. The number of pyridine rings is 1. The van der Waals surface area contributed by atoms with Crippen LogP contribution in [0.5, 0.6) is 5.75 Å². The third-order valence-corrected chi connectivity index (χ3v) is 15.1. The van der Waals surface area contributed by atoms with Crippen LogP contribution in [0.15, 0.2) is 47.4 Å². The fraction of sp³-hybridized carbons (Fsp3) is 0.522. The van der Waals surface area contributed by atoms with Gasteiger partial charge in [-0.2, -0.15) is 10.1 Å². The lowest BCUT2D eigenvalue weighted by atomic mass is 9.82. The van der Waals surface area contributed by atoms with Crippen LogP contribution >= 0.6 is 11.6 Å². The molecule has 14 nitrogen and oxygen atoms in total. The van der Waals surface area contributed by atoms with Gasteiger partial charge in [-0.1, -0.05) is 29.8 Å². The van der Waals surface area contributed by atoms with Crippen LogP contribution in [0.3, 0.4) is 0 Å². The summed E-state index contributed by atoms with van der Waals surface area (Å²) in [6, 6.07) is 11.8. The number of amides is 2. The molecule has 1 aliphatic carbocycles. The minimum Gasteiger partial charge on any atom is -0.480 e. The number of piperidine rings is 3. The molecule has 3 aromatic heterocycles. The number of carbonyl (C=O) groups excluding carboxylic acids is 2. The Morgan fingerprint density at radius 2 is 1.75 bits per heavy atom. The normalized spacial score (nSPS) is 26.3. The smallest absolute Gasteiger partial charge is 0.301 e. The Hall–Kier alpha value is -5.35. The van der Waals surface area contributed by atoms with Gasteiger partial charge in [0.05, 0.1) is 40.6 Å². The minimum absolute atomic E-state index is 0.102. The number of benzene rings is 2. The second-order valence-electron chi connectivity index (χ2n) is 18.7. The van der Waals surface area contributed by atoms with Gasteiger partial charge in [-0.25, -0.2) is 13.8 Å². The first-order valence-electron chi connectivity index (χ1n) is 22.4. The van der Waals surface area contributed by atoms with Crippen molar-refractivity contribution in [1.82, 2.24) is 34.5 Å². The molecule has 4 saturated heterocycles. The van der Waals surface area contributed by atoms with E-state index in [1.54, 1.807) is 19.3 Å². The highest BCUT2D eigenvalue weighted by Gasteiger charge is 2.51. The first kappa shape index (κ1) is 40.4. The van der Waals surface area contributed by atoms with Crippen molar-refractivity contribution in [1.29, 1.82) is 0 Å². The number of para-hydroxylation sites is 1. The molecule has 3 unspecified atom stereocenters. The number of rotatable bonds is 8. The fourth-order valence-electron chi connectivity index (χ4n) is 11.4. The number of hydrogen-bond acceptors (Lipinski definition) is 11. The van der Waals surface area contributed by atoms with Gasteiger partial charge in [-0.3, -0.25) is 29.3 Å². The summed E-state index contributed by atoms with van der Waals surface area (Å²) in [5.74, 6) is -2.31. The SMILES string of the molecule is Cn1nc(C2CCC(=O)NC2=O)c2cccc(C3CC4CCC(C3)N4CC3CCN(c4ncc(Cl)c(Nc5ccc6c(c5)c5c(c(=O)n6C)OCC(F)(F)[C@H](C6CC6)N5)n4)CC3)c21. The molecule has 330 valence electrons. The summed E-state index contributed by atoms with van der Waals surface area (Å²) in [6.45, 7) is 1.87. The number of hydrogen-bond donors (Lipinski definition) is 3. The van der Waals surface area contributed by atoms with Crippen molar-refractivity contribution in [2.45, 2.75) is 100 Å². The fourth-order valence-corrected chi connectivity index (χ4v) is 11.5. The van der Waals surface area contributed by atoms with Crippen LogP contribution in [0.2, 0.25) is 5.02 Å². The molecular formula is C46H51ClF2N10O4. The van der Waals surface area contributed by atoms with Crippen LogP contribution in [0.1, 0.15) is 87.3 Å². The number of ether oxygens (including phenoxy) is 1. The number of alkyl halides is 2. The van der Waals surface area contributed by atoms with E-state index in [1.165, 1.54) is 23.0 Å². The lowest BCUT2D eigenvalue weighted by Gasteiger charge is -2.42. The molecule has 0 radical (unpaired) electrons. The number of carbonyl (C=O) groups is 2. The predicted octanol–water partition coefficient (Wildman–Crippen LogP) is 6.98. The molecule has 0 spiro atoms. The van der Waals surface area contributed by atoms with E-state index in [0.717, 1.165) is 61.9 Å². The topological polar surface area (TPSA) is 152 Å². The Morgan fingerprint density at radius 1 is 0.968 bits per heavy atom. The van der Waals surface area contributed by atoms with Crippen LogP contribution < -0.4 is 31.1 Å². The number of imide groups is 1. The molecule has 5 aromatic rings. The maximum Gasteiger partial charge on any atom is 0.301 e. The Balaban J connectivity index is 0.754. The largest absolute Gasteiger partial charge is 0.480 e. The molecule has 8 heterocycles. The molecule has 6 aliphatic rings. The Labute approximate surface area is 367 Å². The van der Waals surface area contributed by atoms with E-state index < -0.39 is 30.0 Å². The number of halogens is 3. The van der Waals surface area contributed by atoms with Crippen molar-refractivity contribution in [2.24, 2.45) is 25.9 Å². The van der Waals surface area contributed by atoms with Crippen LogP contribution in [0.25, 0.3) is 21.8 Å². The molecule has 1 saturated carbocycles. The number of aromatic nitrogens is 5. The van der Waals surface area contributed by atoms with Crippen molar-refractivity contribution >= 4 is 68.4 Å². The molecule has 63 heavy (non-hydrogen) atoms. The number of aryl methyl sites for hydroxylation is 2. The summed E-state index contributed by atoms with van der Waals surface area (Å²) >= 11 is 6.67. The third-order valence-electron chi connectivity index (χ3n) is 14.8. The highest BCUT2D eigenvalue weighted by atomic mass is 35.5. The second-order valence-corrected chi connectivity index (χ2v) is 19.1. The molecule has 17 heteroatoms. The van der Waals surface area contributed by atoms with Crippen molar-refractivity contribution < 1.29 is 23.1 Å². The van der Waals surface area contributed by atoms with Gasteiger partial charge in [0, 0.05) is 68.7 Å². The van der Waals surface area contributed by atoms with Crippen molar-refractivity contribution in [3.05, 3.63) is 69.2 Å². The van der Waals surface area contributed by atoms with Gasteiger partial charge in [-0.15, -0.1) is 0 Å². The first-order chi connectivity index (χ1) is 30.4. The Morgan fingerprint density at radius 3 is 2.49 bits per heavy atom. The van der Waals surface area contributed by atoms with Crippen LogP contribution in [0.4, 0.5) is 31.9 Å². The van der Waals surface area contributed by atoms with Crippen LogP contribution in [-0.4, -0.2) is 91.3 Å². The van der Waals surface area contributed by atoms with E-state index in [4.69, 9.17) is 26.4 Å². The Bertz CT molecular complexity index is 2720. The number of anilines is 4. The lowest BCUT2D eigenvalue weighted by Crippen LogP contribution is -2.47. The zero-order valence-electron chi connectivity index (χ0n) is 35.4. The number of nitrogens with zero attached hydrogens (tertiary/aromatic N) is 7. The van der Waals surface area contributed by atoms with Crippen LogP contribution in [-0.2, 0) is 23.7 Å². The zero-order valence-corrected chi connectivity index (χ0v) is 36.1. The van der Waals surface area contributed by atoms with Gasteiger partial charge in [0.25, 0.3) is 5.56 Å². The molecule has 3 N–H and O–H groups in total. The molecule has 2 aromatic carbocycles. The average molecular weight is 881 g/mol. The van der Waals surface area contributed by atoms with Gasteiger partial charge in [-0.05, 0) is 99.3 Å². The summed E-state index contributed by atoms with van der Waals surface area (Å²) in [4.78, 5) is 52.4. The first-order valence-corrected chi connectivity index (χ1v) is 22.8. The number of fused-ring (bicyclic) bond motifs is 6. The van der Waals surface area contributed by atoms with Crippen molar-refractivity contribution in [2.75, 3.05) is 41.8 Å². The summed E-state index contributed by atoms with van der Waals surface area (Å²) in [5.41, 5.74) is 4.20. The highest BCUT2D eigenvalue weighted by molar-refractivity contribution is 6.33. The quantitative estimate of drug-likeness (QED) is 0.139. The molecule has 5 fully saturated rings. The van der Waals surface area contributed by atoms with Crippen molar-refractivity contribution in [3.8, 4) is 5.75 Å². The third kappa shape index (κ3) is 7.17. The van der Waals surface area contributed by atoms with E-state index in [0.29, 0.717) is 83.0 Å². The maximum absolute atomic E-state index is 15.2. The molecule has 2 amide bonds. The monoisotopic (exact) mass is 880 g/mol. The standard InChI is InChI=1S/C46H51ClF2N10O4/c1-56-35-12-8-27(20-33(35)38-40(44(56)62)63-23-46(48,49)41(53-38)25-6-7-25)51-42-34(47)21-50-45(54-42)58-16-14-24(15-17-58)22-59-28-9-10-29(59)19-26(18-28)30-4-3-5-31-37(55-57(2)39(30)31)32-11-13-36(60)52-43(32)61/h3-5,8,12,20-21,24-26,28-29,32,41,53H,6-7,9-11,13-19,22-23H2,1-2H3,(H,50,51,54)(H,52,60,61)/t26?,28?,29?,32?,41-/m0/s1. The van der Waals surface area contributed by atoms with E-state index in [-0.39, 0.29) is 29.2 Å². The van der Waals surface area contributed by atoms with E-state index in [1.807, 2.05) is 23.9 Å². The van der Waals surface area contributed by atoms with E-state index >= 15 is 8.78 Å². The second kappa shape index (κ2) is 15.4. The van der Waals surface area contributed by atoms with Gasteiger partial charge in [0.1, 0.15) is 5.02 Å². The predicted molar refractivity (Wildman–Crippen MR) is 236 cm³/mol. The van der Waals surface area contributed by atoms with E-state index in [9.17, 15) is 14.4 Å². The molecule has 4 atom stereocenters. The van der Waals surface area contributed by atoms with Crippen molar-refractivity contribution in [3.63, 3.8) is 0 Å². The minimum atomic E-state index is -3.13. The summed E-state index contributed by atoms with van der Waals surface area (Å²) < 4.78 is 39.3. The lowest BCUT2D eigenvalue weighted by molar-refractivity contribution is -0.134. The molecule has 2 bridgehead atoms. The average Bonchev–Trinajstić information content (AvgIpc) is 4.04. The molecule has 5 aliphatic heterocycles. The van der Waals surface area contributed by atoms with E-state index in [2.05, 4.69) is 48.9 Å². The van der Waals surface area contributed by atoms with Gasteiger partial charge >= 0.3 is 5.92 Å².